The number of carboxylic acid groups (broad SMARTS) is 1. The molecule has 0 aliphatic heterocycles. The number of aryl methyl sites for hydroxylation is 1. The minimum absolute atomic E-state index is 0.199. The van der Waals surface area contributed by atoms with Crippen molar-refractivity contribution in [2.24, 2.45) is 0 Å². The van der Waals surface area contributed by atoms with Gasteiger partial charge in [0.1, 0.15) is 0 Å². The molecule has 0 aromatic carbocycles. The monoisotopic (exact) mass is 195 g/mol. The van der Waals surface area contributed by atoms with E-state index in [-0.39, 0.29) is 6.42 Å². The van der Waals surface area contributed by atoms with Gasteiger partial charge in [-0.1, -0.05) is 0 Å². The van der Waals surface area contributed by atoms with Gasteiger partial charge in [0, 0.05) is 18.7 Å². The predicted molar refractivity (Wildman–Crippen MR) is 51.4 cm³/mol. The summed E-state index contributed by atoms with van der Waals surface area (Å²) in [5.74, 6) is -0.191. The summed E-state index contributed by atoms with van der Waals surface area (Å²) in [6.45, 7) is 0. The third-order valence-corrected chi connectivity index (χ3v) is 1.86. The normalized spacial score (nSPS) is 9.79. The quantitative estimate of drug-likeness (QED) is 0.773. The van der Waals surface area contributed by atoms with E-state index in [4.69, 9.17) is 9.84 Å². The van der Waals surface area contributed by atoms with E-state index in [0.717, 1.165) is 12.0 Å². The molecule has 76 valence electrons. The van der Waals surface area contributed by atoms with Gasteiger partial charge in [-0.15, -0.1) is 0 Å². The number of hydrogen-bond acceptors (Lipinski definition) is 3. The molecular formula is C10H13NO3. The third-order valence-electron chi connectivity index (χ3n) is 1.86. The van der Waals surface area contributed by atoms with Gasteiger partial charge < -0.3 is 9.84 Å². The lowest BCUT2D eigenvalue weighted by Crippen LogP contribution is -1.96. The molecule has 0 amide bonds. The Kier molecular flexibility index (Phi) is 3.91. The lowest BCUT2D eigenvalue weighted by atomic mass is 10.1. The van der Waals surface area contributed by atoms with Crippen molar-refractivity contribution >= 4 is 5.97 Å². The van der Waals surface area contributed by atoms with Crippen LogP contribution in [0.1, 0.15) is 18.4 Å². The number of methoxy groups -OCH3 is 1. The fourth-order valence-corrected chi connectivity index (χ4v) is 1.16. The van der Waals surface area contributed by atoms with Crippen molar-refractivity contribution in [2.45, 2.75) is 19.3 Å². The number of rotatable bonds is 5. The first kappa shape index (κ1) is 10.5. The second-order valence-electron chi connectivity index (χ2n) is 2.95. The summed E-state index contributed by atoms with van der Waals surface area (Å²) in [4.78, 5) is 14.2. The van der Waals surface area contributed by atoms with Crippen molar-refractivity contribution in [1.82, 2.24) is 4.98 Å². The van der Waals surface area contributed by atoms with Crippen LogP contribution in [0.3, 0.4) is 0 Å². The third kappa shape index (κ3) is 3.43. The van der Waals surface area contributed by atoms with Crippen LogP contribution in [-0.2, 0) is 11.2 Å². The van der Waals surface area contributed by atoms with Crippen molar-refractivity contribution < 1.29 is 14.6 Å². The predicted octanol–water partition coefficient (Wildman–Crippen LogP) is 1.50. The fourth-order valence-electron chi connectivity index (χ4n) is 1.16. The molecule has 14 heavy (non-hydrogen) atoms. The van der Waals surface area contributed by atoms with E-state index in [1.807, 2.05) is 12.1 Å². The molecule has 1 rings (SSSR count). The molecule has 4 heteroatoms. The molecule has 1 heterocycles. The Balaban J connectivity index is 2.46. The summed E-state index contributed by atoms with van der Waals surface area (Å²) in [5.41, 5.74) is 1.05. The average molecular weight is 195 g/mol. The first-order valence-corrected chi connectivity index (χ1v) is 4.43. The van der Waals surface area contributed by atoms with Gasteiger partial charge in [-0.3, -0.25) is 4.79 Å². The number of pyridine rings is 1. The van der Waals surface area contributed by atoms with Crippen LogP contribution in [-0.4, -0.2) is 23.2 Å². The zero-order valence-corrected chi connectivity index (χ0v) is 8.06. The number of carbonyl (C=O) groups is 1. The van der Waals surface area contributed by atoms with Gasteiger partial charge >= 0.3 is 5.97 Å². The summed E-state index contributed by atoms with van der Waals surface area (Å²) in [7, 11) is 1.56. The average Bonchev–Trinajstić information content (AvgIpc) is 2.18. The van der Waals surface area contributed by atoms with E-state index in [9.17, 15) is 4.79 Å². The van der Waals surface area contributed by atoms with Crippen LogP contribution in [0, 0.1) is 0 Å². The highest BCUT2D eigenvalue weighted by atomic mass is 16.5. The molecule has 1 aromatic heterocycles. The Labute approximate surface area is 82.5 Å². The van der Waals surface area contributed by atoms with Crippen molar-refractivity contribution in [3.63, 3.8) is 0 Å². The maximum absolute atomic E-state index is 10.3. The Bertz CT molecular complexity index is 312. The summed E-state index contributed by atoms with van der Waals surface area (Å²) in [6, 6.07) is 3.69. The molecule has 0 fully saturated rings. The second-order valence-corrected chi connectivity index (χ2v) is 2.95. The van der Waals surface area contributed by atoms with Crippen LogP contribution >= 0.6 is 0 Å². The topological polar surface area (TPSA) is 59.4 Å². The minimum Gasteiger partial charge on any atom is -0.481 e. The van der Waals surface area contributed by atoms with Crippen LogP contribution in [0.25, 0.3) is 0 Å². The van der Waals surface area contributed by atoms with E-state index in [0.29, 0.717) is 12.3 Å². The number of carboxylic acids is 1. The standard InChI is InChI=1S/C10H13NO3/c1-14-9-7-8(5-6-11-9)3-2-4-10(12)13/h5-7H,2-4H2,1H3,(H,12,13). The van der Waals surface area contributed by atoms with E-state index in [1.54, 1.807) is 13.3 Å². The van der Waals surface area contributed by atoms with Crippen LogP contribution in [0.15, 0.2) is 18.3 Å². The molecular weight excluding hydrogens is 182 g/mol. The van der Waals surface area contributed by atoms with Gasteiger partial charge in [0.05, 0.1) is 7.11 Å². The van der Waals surface area contributed by atoms with E-state index in [1.165, 1.54) is 0 Å². The van der Waals surface area contributed by atoms with Crippen LogP contribution in [0.4, 0.5) is 0 Å². The summed E-state index contributed by atoms with van der Waals surface area (Å²) >= 11 is 0. The number of aliphatic carboxylic acids is 1. The number of hydrogen-bond donors (Lipinski definition) is 1. The molecule has 0 saturated heterocycles. The molecule has 0 saturated carbocycles. The molecule has 0 spiro atoms. The summed E-state index contributed by atoms with van der Waals surface area (Å²) in [5, 5.41) is 8.46. The molecule has 1 aromatic rings. The maximum Gasteiger partial charge on any atom is 0.303 e. The maximum atomic E-state index is 10.3. The summed E-state index contributed by atoms with van der Waals surface area (Å²) in [6.07, 6.45) is 3.24. The van der Waals surface area contributed by atoms with Gasteiger partial charge in [-0.2, -0.15) is 0 Å². The zero-order chi connectivity index (χ0) is 10.4. The second kappa shape index (κ2) is 5.21. The number of ether oxygens (including phenoxy) is 1. The highest BCUT2D eigenvalue weighted by Crippen LogP contribution is 2.10. The Morgan fingerprint density at radius 3 is 3.07 bits per heavy atom. The first-order chi connectivity index (χ1) is 6.72. The van der Waals surface area contributed by atoms with Crippen molar-refractivity contribution in [3.05, 3.63) is 23.9 Å². The molecule has 0 unspecified atom stereocenters. The molecule has 0 radical (unpaired) electrons. The highest BCUT2D eigenvalue weighted by molar-refractivity contribution is 5.66. The summed E-state index contributed by atoms with van der Waals surface area (Å²) < 4.78 is 4.95. The van der Waals surface area contributed by atoms with Gasteiger partial charge in [-0.05, 0) is 24.5 Å². The SMILES string of the molecule is COc1cc(CCCC(=O)O)ccn1. The Hall–Kier alpha value is -1.58. The Morgan fingerprint density at radius 1 is 1.64 bits per heavy atom. The number of nitrogens with zero attached hydrogens (tertiary/aromatic N) is 1. The zero-order valence-electron chi connectivity index (χ0n) is 8.06. The highest BCUT2D eigenvalue weighted by Gasteiger charge is 1.99. The lowest BCUT2D eigenvalue weighted by Gasteiger charge is -2.02. The largest absolute Gasteiger partial charge is 0.481 e. The van der Waals surface area contributed by atoms with E-state index < -0.39 is 5.97 Å². The molecule has 0 aliphatic rings. The van der Waals surface area contributed by atoms with Crippen molar-refractivity contribution in [3.8, 4) is 5.88 Å². The van der Waals surface area contributed by atoms with E-state index >= 15 is 0 Å². The van der Waals surface area contributed by atoms with Gasteiger partial charge in [0.15, 0.2) is 0 Å². The van der Waals surface area contributed by atoms with Gasteiger partial charge in [0.25, 0.3) is 0 Å². The Morgan fingerprint density at radius 2 is 2.43 bits per heavy atom. The molecule has 0 bridgehead atoms. The van der Waals surface area contributed by atoms with Crippen LogP contribution in [0.5, 0.6) is 5.88 Å². The molecule has 0 atom stereocenters. The minimum atomic E-state index is -0.758. The molecule has 1 N–H and O–H groups in total. The van der Waals surface area contributed by atoms with Crippen LogP contribution < -0.4 is 4.74 Å². The molecule has 0 aliphatic carbocycles. The van der Waals surface area contributed by atoms with E-state index in [2.05, 4.69) is 4.98 Å². The first-order valence-electron chi connectivity index (χ1n) is 4.43. The fraction of sp³-hybridized carbons (Fsp3) is 0.400. The van der Waals surface area contributed by atoms with Gasteiger partial charge in [-0.25, -0.2) is 4.98 Å². The smallest absolute Gasteiger partial charge is 0.303 e. The van der Waals surface area contributed by atoms with Crippen LogP contribution in [0.2, 0.25) is 0 Å². The van der Waals surface area contributed by atoms with Crippen molar-refractivity contribution in [1.29, 1.82) is 0 Å². The van der Waals surface area contributed by atoms with Gasteiger partial charge in [0.2, 0.25) is 5.88 Å². The van der Waals surface area contributed by atoms with Crippen molar-refractivity contribution in [2.75, 3.05) is 7.11 Å². The molecule has 4 nitrogen and oxygen atoms in total. The lowest BCUT2D eigenvalue weighted by molar-refractivity contribution is -0.137. The number of aromatic nitrogens is 1.